The molecule has 1 aromatic heterocycles. The van der Waals surface area contributed by atoms with Gasteiger partial charge in [0.25, 0.3) is 5.91 Å². The molecule has 0 saturated heterocycles. The molecule has 0 bridgehead atoms. The van der Waals surface area contributed by atoms with Crippen LogP contribution in [-0.2, 0) is 12.8 Å². The molecule has 0 atom stereocenters. The fourth-order valence-corrected chi connectivity index (χ4v) is 5.09. The van der Waals surface area contributed by atoms with E-state index in [-0.39, 0.29) is 5.91 Å². The van der Waals surface area contributed by atoms with Crippen molar-refractivity contribution in [3.63, 3.8) is 0 Å². The van der Waals surface area contributed by atoms with Crippen molar-refractivity contribution < 1.29 is 9.53 Å². The van der Waals surface area contributed by atoms with Crippen molar-refractivity contribution in [2.45, 2.75) is 26.2 Å². The predicted molar refractivity (Wildman–Crippen MR) is 128 cm³/mol. The summed E-state index contributed by atoms with van der Waals surface area (Å²) in [7, 11) is 0. The van der Waals surface area contributed by atoms with Crippen LogP contribution < -0.4 is 20.7 Å². The van der Waals surface area contributed by atoms with Gasteiger partial charge in [0.05, 0.1) is 12.2 Å². The van der Waals surface area contributed by atoms with E-state index in [0.717, 1.165) is 47.0 Å². The molecule has 2 aromatic carbocycles. The van der Waals surface area contributed by atoms with Crippen molar-refractivity contribution in [2.75, 3.05) is 22.6 Å². The van der Waals surface area contributed by atoms with E-state index in [0.29, 0.717) is 17.3 Å². The fourth-order valence-electron chi connectivity index (χ4n) is 3.51. The van der Waals surface area contributed by atoms with Crippen LogP contribution in [-0.4, -0.2) is 17.6 Å². The Bertz CT molecular complexity index is 1050. The highest BCUT2D eigenvalue weighted by Gasteiger charge is 2.27. The van der Waals surface area contributed by atoms with Crippen molar-refractivity contribution in [1.82, 2.24) is 0 Å². The van der Waals surface area contributed by atoms with Crippen LogP contribution >= 0.6 is 23.6 Å². The van der Waals surface area contributed by atoms with Gasteiger partial charge >= 0.3 is 0 Å². The molecule has 0 fully saturated rings. The number of hydrogen-bond donors (Lipinski definition) is 3. The van der Waals surface area contributed by atoms with Crippen molar-refractivity contribution in [3.8, 4) is 5.75 Å². The Morgan fingerprint density at radius 3 is 2.47 bits per heavy atom. The lowest BCUT2D eigenvalue weighted by atomic mass is 10.1. The molecule has 0 saturated carbocycles. The number of para-hydroxylation sites is 1. The van der Waals surface area contributed by atoms with Gasteiger partial charge < -0.3 is 20.7 Å². The van der Waals surface area contributed by atoms with Gasteiger partial charge in [0.2, 0.25) is 0 Å². The molecule has 1 amide bonds. The average molecular weight is 438 g/mol. The first kappa shape index (κ1) is 20.4. The zero-order valence-corrected chi connectivity index (χ0v) is 18.3. The first-order valence-corrected chi connectivity index (χ1v) is 11.2. The summed E-state index contributed by atoms with van der Waals surface area (Å²) in [6, 6.07) is 17.2. The monoisotopic (exact) mass is 437 g/mol. The molecule has 0 aliphatic heterocycles. The number of thiocarbonyl (C=S) groups is 1. The number of carbonyl (C=O) groups is 1. The molecule has 7 heteroatoms. The van der Waals surface area contributed by atoms with E-state index in [9.17, 15) is 4.79 Å². The van der Waals surface area contributed by atoms with E-state index in [1.807, 2.05) is 61.5 Å². The van der Waals surface area contributed by atoms with E-state index in [2.05, 4.69) is 16.0 Å². The Labute approximate surface area is 185 Å². The summed E-state index contributed by atoms with van der Waals surface area (Å²) in [5, 5.41) is 10.7. The van der Waals surface area contributed by atoms with Crippen LogP contribution in [0.5, 0.6) is 5.75 Å². The number of aryl methyl sites for hydroxylation is 1. The lowest BCUT2D eigenvalue weighted by Gasteiger charge is -2.12. The molecule has 3 aromatic rings. The molecule has 0 spiro atoms. The topological polar surface area (TPSA) is 62.4 Å². The maximum Gasteiger partial charge on any atom is 0.258 e. The molecule has 1 heterocycles. The number of ether oxygens (including phenoxy) is 1. The minimum atomic E-state index is -0.122. The minimum Gasteiger partial charge on any atom is -0.494 e. The van der Waals surface area contributed by atoms with Crippen LogP contribution in [0.3, 0.4) is 0 Å². The fraction of sp³-hybridized carbons (Fsp3) is 0.217. The van der Waals surface area contributed by atoms with Gasteiger partial charge in [0.15, 0.2) is 5.11 Å². The summed E-state index contributed by atoms with van der Waals surface area (Å²) >= 11 is 7.09. The third-order valence-electron chi connectivity index (χ3n) is 4.83. The number of benzene rings is 2. The highest BCUT2D eigenvalue weighted by molar-refractivity contribution is 7.80. The molecule has 1 aliphatic rings. The zero-order chi connectivity index (χ0) is 20.9. The van der Waals surface area contributed by atoms with Crippen molar-refractivity contribution in [1.29, 1.82) is 0 Å². The highest BCUT2D eigenvalue weighted by Crippen LogP contribution is 2.39. The molecule has 0 unspecified atom stereocenters. The van der Waals surface area contributed by atoms with Crippen molar-refractivity contribution in [3.05, 3.63) is 70.6 Å². The number of nitrogens with one attached hydrogen (secondary N) is 3. The number of fused-ring (bicyclic) bond motifs is 1. The number of carbonyl (C=O) groups excluding carboxylic acids is 1. The Balaban J connectivity index is 1.52. The summed E-state index contributed by atoms with van der Waals surface area (Å²) < 4.78 is 5.47. The van der Waals surface area contributed by atoms with Crippen LogP contribution in [0.2, 0.25) is 0 Å². The normalized spacial score (nSPS) is 12.2. The molecule has 30 heavy (non-hydrogen) atoms. The van der Waals surface area contributed by atoms with Crippen LogP contribution in [0, 0.1) is 0 Å². The maximum absolute atomic E-state index is 13.2. The molecular formula is C23H23N3O2S2. The molecule has 3 N–H and O–H groups in total. The molecular weight excluding hydrogens is 414 g/mol. The lowest BCUT2D eigenvalue weighted by molar-refractivity contribution is 0.102. The standard InChI is InChI=1S/C23H23N3O2S2/c1-2-28-17-13-11-16(12-14-17)24-21(27)20-18-9-6-10-19(18)30-22(20)26-23(29)25-15-7-4-3-5-8-15/h3-5,7-8,11-14H,2,6,9-10H2,1H3,(H,24,27)(H2,25,26,29). The number of hydrogen-bond acceptors (Lipinski definition) is 4. The SMILES string of the molecule is CCOc1ccc(NC(=O)c2c(NC(=S)Nc3ccccc3)sc3c2CCC3)cc1. The maximum atomic E-state index is 13.2. The third-order valence-corrected chi connectivity index (χ3v) is 6.24. The lowest BCUT2D eigenvalue weighted by Crippen LogP contribution is -2.21. The first-order chi connectivity index (χ1) is 14.6. The Hall–Kier alpha value is -2.90. The van der Waals surface area contributed by atoms with Gasteiger partial charge in [-0.15, -0.1) is 11.3 Å². The summed E-state index contributed by atoms with van der Waals surface area (Å²) in [4.78, 5) is 14.4. The summed E-state index contributed by atoms with van der Waals surface area (Å²) in [6.45, 7) is 2.55. The quantitative estimate of drug-likeness (QED) is 0.432. The van der Waals surface area contributed by atoms with E-state index < -0.39 is 0 Å². The largest absolute Gasteiger partial charge is 0.494 e. The van der Waals surface area contributed by atoms with Crippen molar-refractivity contribution in [2.24, 2.45) is 0 Å². The van der Waals surface area contributed by atoms with Gasteiger partial charge in [-0.2, -0.15) is 0 Å². The summed E-state index contributed by atoms with van der Waals surface area (Å²) in [5.74, 6) is 0.662. The molecule has 1 aliphatic carbocycles. The van der Waals surface area contributed by atoms with Gasteiger partial charge in [0.1, 0.15) is 10.8 Å². The molecule has 0 radical (unpaired) electrons. The van der Waals surface area contributed by atoms with Crippen LogP contribution in [0.15, 0.2) is 54.6 Å². The van der Waals surface area contributed by atoms with Gasteiger partial charge in [-0.25, -0.2) is 0 Å². The minimum absolute atomic E-state index is 0.122. The van der Waals surface area contributed by atoms with E-state index >= 15 is 0 Å². The zero-order valence-electron chi connectivity index (χ0n) is 16.7. The molecule has 5 nitrogen and oxygen atoms in total. The number of rotatable bonds is 6. The number of anilines is 3. The van der Waals surface area contributed by atoms with Crippen molar-refractivity contribution >= 4 is 51.0 Å². The predicted octanol–water partition coefficient (Wildman–Crippen LogP) is 5.70. The van der Waals surface area contributed by atoms with Crippen LogP contribution in [0.25, 0.3) is 0 Å². The summed E-state index contributed by atoms with van der Waals surface area (Å²) in [6.07, 6.45) is 3.00. The number of amides is 1. The van der Waals surface area contributed by atoms with E-state index in [4.69, 9.17) is 17.0 Å². The first-order valence-electron chi connectivity index (χ1n) is 9.96. The van der Waals surface area contributed by atoms with Gasteiger partial charge in [-0.3, -0.25) is 4.79 Å². The second-order valence-electron chi connectivity index (χ2n) is 6.92. The van der Waals surface area contributed by atoms with E-state index in [1.165, 1.54) is 4.88 Å². The number of thiophene rings is 1. The van der Waals surface area contributed by atoms with Gasteiger partial charge in [-0.1, -0.05) is 18.2 Å². The Morgan fingerprint density at radius 1 is 1.00 bits per heavy atom. The smallest absolute Gasteiger partial charge is 0.258 e. The van der Waals surface area contributed by atoms with Crippen LogP contribution in [0.1, 0.15) is 34.1 Å². The summed E-state index contributed by atoms with van der Waals surface area (Å²) in [5.41, 5.74) is 3.46. The average Bonchev–Trinajstić information content (AvgIpc) is 3.31. The Morgan fingerprint density at radius 2 is 1.73 bits per heavy atom. The third kappa shape index (κ3) is 4.63. The van der Waals surface area contributed by atoms with Gasteiger partial charge in [-0.05, 0) is 80.4 Å². The van der Waals surface area contributed by atoms with Gasteiger partial charge in [0, 0.05) is 16.3 Å². The highest BCUT2D eigenvalue weighted by atomic mass is 32.1. The Kier molecular flexibility index (Phi) is 6.30. The molecule has 154 valence electrons. The second-order valence-corrected chi connectivity index (χ2v) is 8.43. The van der Waals surface area contributed by atoms with Crippen LogP contribution in [0.4, 0.5) is 16.4 Å². The van der Waals surface area contributed by atoms with E-state index in [1.54, 1.807) is 11.3 Å². The second kappa shape index (κ2) is 9.28. The molecule has 4 rings (SSSR count).